The molecule has 2 aromatic carbocycles. The van der Waals surface area contributed by atoms with E-state index in [2.05, 4.69) is 6.08 Å². The van der Waals surface area contributed by atoms with Crippen LogP contribution in [0.3, 0.4) is 0 Å². The normalized spacial score (nSPS) is 32.9. The van der Waals surface area contributed by atoms with Gasteiger partial charge in [0.25, 0.3) is 0 Å². The molecule has 7 unspecified atom stereocenters. The van der Waals surface area contributed by atoms with E-state index >= 15 is 9.59 Å². The molecule has 4 aliphatic heterocycles. The van der Waals surface area contributed by atoms with E-state index < -0.39 is 118 Å². The number of carbonyl (C=O) groups excluding carboxylic acids is 4. The molecule has 1 spiro atoms. The van der Waals surface area contributed by atoms with Gasteiger partial charge in [-0.3, -0.25) is 19.7 Å². The Morgan fingerprint density at radius 1 is 0.930 bits per heavy atom. The molecule has 4 heterocycles. The summed E-state index contributed by atoms with van der Waals surface area (Å²) in [5.74, 6) is -6.81. The molecule has 71 heavy (non-hydrogen) atoms. The van der Waals surface area contributed by atoms with Crippen molar-refractivity contribution in [2.24, 2.45) is 23.7 Å². The van der Waals surface area contributed by atoms with E-state index in [4.69, 9.17) is 33.2 Å². The highest BCUT2D eigenvalue weighted by molar-refractivity contribution is 6.11. The zero-order valence-corrected chi connectivity index (χ0v) is 41.4. The van der Waals surface area contributed by atoms with Crippen LogP contribution < -0.4 is 18.9 Å². The molecular weight excluding hydrogens is 923 g/mol. The second kappa shape index (κ2) is 19.0. The Kier molecular flexibility index (Phi) is 13.8. The topological polar surface area (TPSA) is 257 Å². The third-order valence-corrected chi connectivity index (χ3v) is 15.1. The summed E-state index contributed by atoms with van der Waals surface area (Å²) >= 11 is 0. The van der Waals surface area contributed by atoms with Crippen molar-refractivity contribution in [3.63, 3.8) is 0 Å². The van der Waals surface area contributed by atoms with E-state index in [1.165, 1.54) is 44.4 Å². The van der Waals surface area contributed by atoms with E-state index in [1.54, 1.807) is 19.9 Å². The lowest BCUT2D eigenvalue weighted by Gasteiger charge is -2.62. The minimum atomic E-state index is -1.91. The van der Waals surface area contributed by atoms with Gasteiger partial charge in [0.2, 0.25) is 12.8 Å². The highest BCUT2D eigenvalue weighted by Crippen LogP contribution is 2.72. The van der Waals surface area contributed by atoms with Crippen LogP contribution >= 0.6 is 0 Å². The maximum absolute atomic E-state index is 16.2. The second-order valence-corrected chi connectivity index (χ2v) is 20.8. The third-order valence-electron chi connectivity index (χ3n) is 15.1. The molecule has 3 saturated carbocycles. The number of Topliss-reactive ketones (excluding diaryl/α,β-unsaturated/α-hetero) is 2. The second-order valence-electron chi connectivity index (χ2n) is 20.8. The number of aliphatic hydroxyl groups excluding tert-OH is 4. The van der Waals surface area contributed by atoms with Crippen LogP contribution in [0.25, 0.3) is 6.08 Å². The van der Waals surface area contributed by atoms with Crippen molar-refractivity contribution in [1.29, 1.82) is 0 Å². The largest absolute Gasteiger partial charge is 0.482 e. The van der Waals surface area contributed by atoms with Crippen LogP contribution in [0.4, 0.5) is 0 Å². The zero-order valence-electron chi connectivity index (χ0n) is 41.4. The first-order chi connectivity index (χ1) is 33.4. The maximum Gasteiger partial charge on any atom is 0.343 e. The van der Waals surface area contributed by atoms with Crippen LogP contribution in [-0.4, -0.2) is 122 Å². The molecule has 4 N–H and O–H groups in total. The number of benzene rings is 2. The smallest absolute Gasteiger partial charge is 0.343 e. The summed E-state index contributed by atoms with van der Waals surface area (Å²) < 4.78 is 44.0. The Morgan fingerprint density at radius 3 is 2.25 bits per heavy atom. The highest BCUT2D eigenvalue weighted by atomic mass is 16.7. The molecule has 5 fully saturated rings. The van der Waals surface area contributed by atoms with Gasteiger partial charge in [-0.05, 0) is 117 Å². The predicted octanol–water partition coefficient (Wildman–Crippen LogP) is 5.60. The van der Waals surface area contributed by atoms with E-state index in [9.17, 15) is 40.1 Å². The van der Waals surface area contributed by atoms with Crippen molar-refractivity contribution in [3.8, 4) is 23.0 Å². The van der Waals surface area contributed by atoms with Crippen LogP contribution in [0.1, 0.15) is 113 Å². The SMILES string of the molecule is COC(=O)/C(C)=C\CC12OC(C)(C)C3CC(C1=O)C(C[N+](=O)[O-])C1C(=O)c4c(OC(=O)c5ccc(O[C@@H]6O[C@H](CO)[C@@H](O)[C@H](O)[C@H]6O)cc5)c5c(c(CC=C(C)C)c4OC132)OC(C)(CCC=C(C)C)C=C5. The Labute approximate surface area is 411 Å². The number of allylic oxidation sites excluding steroid dienone is 4. The summed E-state index contributed by atoms with van der Waals surface area (Å²) in [6.07, 6.45) is 2.67. The minimum Gasteiger partial charge on any atom is -0.482 e. The van der Waals surface area contributed by atoms with Crippen molar-refractivity contribution >= 4 is 29.6 Å². The van der Waals surface area contributed by atoms with E-state index in [1.807, 2.05) is 46.8 Å². The number of nitrogens with zero attached hydrogens (tertiary/aromatic N) is 1. The lowest BCUT2D eigenvalue weighted by molar-refractivity contribution is -0.494. The van der Waals surface area contributed by atoms with Gasteiger partial charge in [-0.25, -0.2) is 9.59 Å². The highest BCUT2D eigenvalue weighted by Gasteiger charge is 2.86. The summed E-state index contributed by atoms with van der Waals surface area (Å²) in [5, 5.41) is 53.3. The molecule has 12 atom stereocenters. The lowest BCUT2D eigenvalue weighted by Crippen LogP contribution is -2.79. The number of carbonyl (C=O) groups is 4. The molecule has 2 saturated heterocycles. The number of nitro groups is 1. The first-order valence-electron chi connectivity index (χ1n) is 24.0. The fraction of sp³-hybridized carbons (Fsp3) is 0.547. The predicted molar refractivity (Wildman–Crippen MR) is 254 cm³/mol. The van der Waals surface area contributed by atoms with Crippen molar-refractivity contribution in [2.45, 2.75) is 141 Å². The van der Waals surface area contributed by atoms with Crippen LogP contribution in [0.2, 0.25) is 0 Å². The van der Waals surface area contributed by atoms with Gasteiger partial charge in [0, 0.05) is 40.2 Å². The van der Waals surface area contributed by atoms with Gasteiger partial charge in [-0.1, -0.05) is 29.4 Å². The van der Waals surface area contributed by atoms with Gasteiger partial charge in [0.15, 0.2) is 28.5 Å². The van der Waals surface area contributed by atoms with Crippen molar-refractivity contribution < 1.29 is 77.7 Å². The quantitative estimate of drug-likeness (QED) is 0.0423. The minimum absolute atomic E-state index is 0.0205. The van der Waals surface area contributed by atoms with Gasteiger partial charge >= 0.3 is 11.9 Å². The Hall–Kier alpha value is -5.76. The van der Waals surface area contributed by atoms with Gasteiger partial charge in [-0.2, -0.15) is 0 Å². The number of hydrogen-bond acceptors (Lipinski definition) is 17. The molecule has 7 aliphatic rings. The number of methoxy groups -OCH3 is 1. The summed E-state index contributed by atoms with van der Waals surface area (Å²) in [7, 11) is 1.23. The summed E-state index contributed by atoms with van der Waals surface area (Å²) in [6.45, 7) is 13.5. The van der Waals surface area contributed by atoms with Crippen LogP contribution in [-0.2, 0) is 30.2 Å². The van der Waals surface area contributed by atoms with Crippen LogP contribution in [0, 0.1) is 33.8 Å². The van der Waals surface area contributed by atoms with E-state index in [-0.39, 0.29) is 64.5 Å². The number of fused-ring (bicyclic) bond motifs is 2. The fourth-order valence-electron chi connectivity index (χ4n) is 11.7. The molecule has 0 amide bonds. The monoisotopic (exact) mass is 985 g/mol. The Morgan fingerprint density at radius 2 is 1.62 bits per heavy atom. The molecule has 18 heteroatoms. The molecule has 2 aromatic rings. The average molecular weight is 986 g/mol. The molecule has 0 aromatic heterocycles. The van der Waals surface area contributed by atoms with Gasteiger partial charge in [-0.15, -0.1) is 0 Å². The Balaban J connectivity index is 1.31. The van der Waals surface area contributed by atoms with Gasteiger partial charge < -0.3 is 53.6 Å². The molecule has 9 rings (SSSR count). The van der Waals surface area contributed by atoms with E-state index in [0.29, 0.717) is 18.4 Å². The third kappa shape index (κ3) is 8.69. The average Bonchev–Trinajstić information content (AvgIpc) is 3.45. The summed E-state index contributed by atoms with van der Waals surface area (Å²) in [4.78, 5) is 70.8. The molecular formula is C53H63NO17. The number of ether oxygens (including phenoxy) is 7. The van der Waals surface area contributed by atoms with E-state index in [0.717, 1.165) is 11.1 Å². The molecule has 382 valence electrons. The zero-order chi connectivity index (χ0) is 51.7. The number of ketones is 2. The first kappa shape index (κ1) is 51.6. The fourth-order valence-corrected chi connectivity index (χ4v) is 11.7. The standard InChI is InChI=1S/C53H63NO17/c1-26(2)11-10-20-51(8)21-19-32-43(69-51)31(17-12-27(3)4)45-37(44(32)68-48(62)29-13-15-30(16-14-29)66-49-42(59)41(58)39(56)35(25-55)67-49)40(57)38-34(24-54(63)64)33-23-36-50(6,7)71-52(46(33)60,53(36,38)70-45)22-18-28(5)47(61)65-9/h11-16,18-19,21,33-36,38-39,41-42,49,55-56,58-59H,10,17,20,22-25H2,1-9H3/b28-18-/t33?,34?,35-,36?,38?,39-,41+,42-,49-,51?,52?,53?/m1/s1. The van der Waals surface area contributed by atoms with Crippen molar-refractivity contribution in [2.75, 3.05) is 20.3 Å². The van der Waals surface area contributed by atoms with Crippen LogP contribution in [0.15, 0.2) is 65.3 Å². The summed E-state index contributed by atoms with van der Waals surface area (Å²) in [5.41, 5.74) is -3.11. The molecule has 4 bridgehead atoms. The van der Waals surface area contributed by atoms with Crippen molar-refractivity contribution in [3.05, 3.63) is 97.7 Å². The number of esters is 2. The Bertz CT molecular complexity index is 2640. The lowest BCUT2D eigenvalue weighted by atomic mass is 9.43. The van der Waals surface area contributed by atoms with Gasteiger partial charge in [0.1, 0.15) is 52.8 Å². The molecule has 18 nitrogen and oxygen atoms in total. The summed E-state index contributed by atoms with van der Waals surface area (Å²) in [6, 6.07) is 5.45. The number of aliphatic hydroxyl groups is 4. The molecule has 3 aliphatic carbocycles. The van der Waals surface area contributed by atoms with Crippen LogP contribution in [0.5, 0.6) is 23.0 Å². The van der Waals surface area contributed by atoms with Gasteiger partial charge in [0.05, 0.1) is 36.4 Å². The number of hydrogen-bond donors (Lipinski definition) is 4. The number of rotatable bonds is 15. The molecule has 0 radical (unpaired) electrons. The first-order valence-corrected chi connectivity index (χ1v) is 24.0. The maximum atomic E-state index is 16.2. The van der Waals surface area contributed by atoms with Crippen molar-refractivity contribution in [1.82, 2.24) is 0 Å².